The van der Waals surface area contributed by atoms with Gasteiger partial charge in [0.05, 0.1) is 6.61 Å². The van der Waals surface area contributed by atoms with Crippen LogP contribution in [0.5, 0.6) is 5.75 Å². The summed E-state index contributed by atoms with van der Waals surface area (Å²) in [4.78, 5) is 0. The van der Waals surface area contributed by atoms with E-state index >= 15 is 0 Å². The third kappa shape index (κ3) is 10.8. The first-order valence-electron chi connectivity index (χ1n) is 18.7. The Hall–Kier alpha value is -1.12. The maximum atomic E-state index is 15.0. The van der Waals surface area contributed by atoms with Gasteiger partial charge in [-0.05, 0) is 98.5 Å². The zero-order valence-corrected chi connectivity index (χ0v) is 27.5. The van der Waals surface area contributed by atoms with Gasteiger partial charge in [-0.25, -0.2) is 4.39 Å². The van der Waals surface area contributed by atoms with Gasteiger partial charge >= 0.3 is 0 Å². The van der Waals surface area contributed by atoms with Gasteiger partial charge in [-0.15, -0.1) is 0 Å². The smallest absolute Gasteiger partial charge is 0.200 e. The van der Waals surface area contributed by atoms with Crippen molar-refractivity contribution in [2.45, 2.75) is 168 Å². The number of benzene rings is 1. The first kappa shape index (κ1) is 33.8. The Labute approximate surface area is 258 Å². The molecule has 1 aromatic rings. The molecule has 0 bridgehead atoms. The first-order valence-corrected chi connectivity index (χ1v) is 18.7. The average Bonchev–Trinajstić information content (AvgIpc) is 3.02. The van der Waals surface area contributed by atoms with Gasteiger partial charge in [0, 0.05) is 0 Å². The van der Waals surface area contributed by atoms with E-state index < -0.39 is 11.6 Å². The predicted octanol–water partition coefficient (Wildman–Crippen LogP) is 12.6. The number of unbranched alkanes of at least 4 members (excludes halogenated alkanes) is 6. The van der Waals surface area contributed by atoms with Gasteiger partial charge in [-0.2, -0.15) is 4.39 Å². The lowest BCUT2D eigenvalue weighted by Crippen LogP contribution is -2.26. The lowest BCUT2D eigenvalue weighted by Gasteiger charge is -2.38. The number of aryl methyl sites for hydroxylation is 1. The lowest BCUT2D eigenvalue weighted by molar-refractivity contribution is 0.140. The van der Waals surface area contributed by atoms with Crippen molar-refractivity contribution in [1.82, 2.24) is 0 Å². The molecule has 3 saturated carbocycles. The van der Waals surface area contributed by atoms with E-state index in [4.69, 9.17) is 4.74 Å². The summed E-state index contributed by atoms with van der Waals surface area (Å²) in [5, 5.41) is 0. The molecule has 3 fully saturated rings. The zero-order valence-electron chi connectivity index (χ0n) is 27.5. The highest BCUT2D eigenvalue weighted by molar-refractivity contribution is 5.31. The molecule has 0 aromatic heterocycles. The molecule has 0 radical (unpaired) electrons. The Kier molecular flexibility index (Phi) is 15.0. The summed E-state index contributed by atoms with van der Waals surface area (Å²) in [6, 6.07) is 3.47. The summed E-state index contributed by atoms with van der Waals surface area (Å²) in [7, 11) is 0. The van der Waals surface area contributed by atoms with Crippen molar-refractivity contribution in [2.24, 2.45) is 35.5 Å². The van der Waals surface area contributed by atoms with E-state index in [1.807, 2.05) is 0 Å². The van der Waals surface area contributed by atoms with Crippen molar-refractivity contribution in [1.29, 1.82) is 0 Å². The highest BCUT2D eigenvalue weighted by Crippen LogP contribution is 2.43. The third-order valence-electron chi connectivity index (χ3n) is 11.8. The standard InChI is InChI=1S/C39H64F2O/c1-3-5-7-8-10-12-31-17-22-34(23-18-31)35-24-19-32(20-25-35)21-26-36-27-28-37(39(41)38(36)40)42-29-33-15-13-30(14-16-33)11-9-6-4-2/h27-28,30-35H,3-26,29H2,1-2H3/t30-,31-,32-,33-,34-,35-. The van der Waals surface area contributed by atoms with Crippen LogP contribution in [0.1, 0.15) is 167 Å². The lowest BCUT2D eigenvalue weighted by atomic mass is 9.68. The molecule has 0 aliphatic heterocycles. The molecule has 0 N–H and O–H groups in total. The van der Waals surface area contributed by atoms with Crippen molar-refractivity contribution in [3.8, 4) is 5.75 Å². The number of rotatable bonds is 17. The van der Waals surface area contributed by atoms with E-state index in [-0.39, 0.29) is 5.75 Å². The summed E-state index contributed by atoms with van der Waals surface area (Å²) in [5.74, 6) is 3.49. The molecule has 3 aliphatic carbocycles. The van der Waals surface area contributed by atoms with Crippen molar-refractivity contribution in [2.75, 3.05) is 6.61 Å². The second-order valence-electron chi connectivity index (χ2n) is 14.8. The molecule has 240 valence electrons. The summed E-state index contributed by atoms with van der Waals surface area (Å²) in [6.07, 6.45) is 31.4. The molecular weight excluding hydrogens is 522 g/mol. The molecule has 3 heteroatoms. The van der Waals surface area contributed by atoms with E-state index in [1.54, 1.807) is 12.1 Å². The van der Waals surface area contributed by atoms with E-state index in [0.29, 0.717) is 30.4 Å². The van der Waals surface area contributed by atoms with Crippen LogP contribution in [0.3, 0.4) is 0 Å². The van der Waals surface area contributed by atoms with E-state index in [9.17, 15) is 8.78 Å². The second-order valence-corrected chi connectivity index (χ2v) is 14.8. The number of hydrogen-bond donors (Lipinski definition) is 0. The van der Waals surface area contributed by atoms with Crippen molar-refractivity contribution >= 4 is 0 Å². The van der Waals surface area contributed by atoms with Crippen LogP contribution in [-0.2, 0) is 6.42 Å². The van der Waals surface area contributed by atoms with Gasteiger partial charge in [-0.1, -0.05) is 123 Å². The molecule has 0 spiro atoms. The molecule has 0 saturated heterocycles. The van der Waals surface area contributed by atoms with Gasteiger partial charge in [0.1, 0.15) is 0 Å². The molecule has 0 atom stereocenters. The Bertz CT molecular complexity index is 859. The number of halogens is 2. The van der Waals surface area contributed by atoms with Crippen molar-refractivity contribution < 1.29 is 13.5 Å². The summed E-state index contributed by atoms with van der Waals surface area (Å²) in [6.45, 7) is 5.07. The first-order chi connectivity index (χ1) is 20.6. The van der Waals surface area contributed by atoms with Gasteiger partial charge in [0.25, 0.3) is 0 Å². The minimum Gasteiger partial charge on any atom is -0.490 e. The average molecular weight is 587 g/mol. The monoisotopic (exact) mass is 586 g/mol. The SMILES string of the molecule is CCCCCCC[C@H]1CC[C@H]([C@H]2CC[C@H](CCc3ccc(OC[C@H]4CC[C@H](CCCCC)CC4)c(F)c3F)CC2)CC1. The Morgan fingerprint density at radius 3 is 1.62 bits per heavy atom. The van der Waals surface area contributed by atoms with Gasteiger partial charge in [0.15, 0.2) is 11.6 Å². The Morgan fingerprint density at radius 2 is 1.02 bits per heavy atom. The largest absolute Gasteiger partial charge is 0.490 e. The van der Waals surface area contributed by atoms with Crippen LogP contribution in [0.4, 0.5) is 8.78 Å². The van der Waals surface area contributed by atoms with E-state index in [1.165, 1.54) is 128 Å². The van der Waals surface area contributed by atoms with Crippen molar-refractivity contribution in [3.63, 3.8) is 0 Å². The Balaban J connectivity index is 1.10. The number of ether oxygens (including phenoxy) is 1. The predicted molar refractivity (Wildman–Crippen MR) is 174 cm³/mol. The van der Waals surface area contributed by atoms with Crippen LogP contribution in [0.2, 0.25) is 0 Å². The molecule has 1 nitrogen and oxygen atoms in total. The molecule has 4 rings (SSSR count). The van der Waals surface area contributed by atoms with Crippen LogP contribution in [-0.4, -0.2) is 6.61 Å². The fraction of sp³-hybridized carbons (Fsp3) is 0.846. The highest BCUT2D eigenvalue weighted by atomic mass is 19.2. The molecule has 0 heterocycles. The topological polar surface area (TPSA) is 9.23 Å². The molecule has 42 heavy (non-hydrogen) atoms. The minimum atomic E-state index is -0.777. The summed E-state index contributed by atoms with van der Waals surface area (Å²) in [5.41, 5.74) is 0.530. The fourth-order valence-electron chi connectivity index (χ4n) is 8.75. The maximum Gasteiger partial charge on any atom is 0.200 e. The van der Waals surface area contributed by atoms with E-state index in [0.717, 1.165) is 42.9 Å². The zero-order chi connectivity index (χ0) is 29.6. The van der Waals surface area contributed by atoms with Crippen molar-refractivity contribution in [3.05, 3.63) is 29.3 Å². The Morgan fingerprint density at radius 1 is 0.548 bits per heavy atom. The quantitative estimate of drug-likeness (QED) is 0.165. The van der Waals surface area contributed by atoms with Crippen LogP contribution in [0.25, 0.3) is 0 Å². The van der Waals surface area contributed by atoms with Crippen LogP contribution >= 0.6 is 0 Å². The molecule has 1 aromatic carbocycles. The molecule has 0 unspecified atom stereocenters. The highest BCUT2D eigenvalue weighted by Gasteiger charge is 2.31. The normalized spacial score (nSPS) is 28.6. The maximum absolute atomic E-state index is 15.0. The van der Waals surface area contributed by atoms with Gasteiger partial charge < -0.3 is 4.74 Å². The second kappa shape index (κ2) is 18.6. The summed E-state index contributed by atoms with van der Waals surface area (Å²) >= 11 is 0. The molecule has 3 aliphatic rings. The molecular formula is C39H64F2O. The van der Waals surface area contributed by atoms with Crippen LogP contribution in [0.15, 0.2) is 12.1 Å². The van der Waals surface area contributed by atoms with E-state index in [2.05, 4.69) is 13.8 Å². The fourth-order valence-corrected chi connectivity index (χ4v) is 8.75. The number of hydrogen-bond acceptors (Lipinski definition) is 1. The molecule has 0 amide bonds. The van der Waals surface area contributed by atoms with Gasteiger partial charge in [-0.3, -0.25) is 0 Å². The van der Waals surface area contributed by atoms with Crippen LogP contribution < -0.4 is 4.74 Å². The third-order valence-corrected chi connectivity index (χ3v) is 11.8. The minimum absolute atomic E-state index is 0.105. The van der Waals surface area contributed by atoms with Crippen LogP contribution in [0, 0.1) is 47.1 Å². The summed E-state index contributed by atoms with van der Waals surface area (Å²) < 4.78 is 35.7. The van der Waals surface area contributed by atoms with Gasteiger partial charge in [0.2, 0.25) is 5.82 Å².